The Labute approximate surface area is 225 Å². The van der Waals surface area contributed by atoms with E-state index in [1.165, 1.54) is 19.2 Å². The number of nitrogens with two attached hydrogens (primary N) is 1. The van der Waals surface area contributed by atoms with Gasteiger partial charge in [0.1, 0.15) is 33.6 Å². The van der Waals surface area contributed by atoms with Crippen LogP contribution in [0.4, 0.5) is 9.59 Å². The fraction of sp³-hybridized carbons (Fsp3) is 0.625. The van der Waals surface area contributed by atoms with E-state index < -0.39 is 47.4 Å². The van der Waals surface area contributed by atoms with Crippen molar-refractivity contribution < 1.29 is 38.1 Å². The van der Waals surface area contributed by atoms with E-state index in [-0.39, 0.29) is 18.7 Å². The predicted octanol–water partition coefficient (Wildman–Crippen LogP) is 2.99. The van der Waals surface area contributed by atoms with E-state index in [4.69, 9.17) is 19.9 Å². The van der Waals surface area contributed by atoms with Crippen molar-refractivity contribution in [3.05, 3.63) is 22.4 Å². The van der Waals surface area contributed by atoms with Gasteiger partial charge in [0, 0.05) is 30.8 Å². The van der Waals surface area contributed by atoms with E-state index in [1.807, 2.05) is 0 Å². The first-order valence-corrected chi connectivity index (χ1v) is 12.5. The third-order valence-electron chi connectivity index (χ3n) is 4.33. The summed E-state index contributed by atoms with van der Waals surface area (Å²) < 4.78 is 20.6. The Kier molecular flexibility index (Phi) is 12.3. The number of amides is 2. The molecule has 0 saturated carbocycles. The monoisotopic (exact) mass is 588 g/mol. The van der Waals surface area contributed by atoms with Crippen LogP contribution >= 0.6 is 15.9 Å². The van der Waals surface area contributed by atoms with Gasteiger partial charge in [0.25, 0.3) is 0 Å². The first-order chi connectivity index (χ1) is 17.0. The molecule has 1 unspecified atom stereocenters. The normalized spacial score (nSPS) is 13.1. The molecule has 0 aromatic carbocycles. The Morgan fingerprint density at radius 2 is 1.68 bits per heavy atom. The highest BCUT2D eigenvalue weighted by molar-refractivity contribution is 9.10. The van der Waals surface area contributed by atoms with Gasteiger partial charge in [0.15, 0.2) is 0 Å². The lowest BCUT2D eigenvalue weighted by Gasteiger charge is -2.23. The van der Waals surface area contributed by atoms with Crippen molar-refractivity contribution in [1.82, 2.24) is 15.6 Å². The molecule has 2 atom stereocenters. The molecule has 0 saturated heterocycles. The Hall–Kier alpha value is -2.93. The number of nitrogens with one attached hydrogen (secondary N) is 2. The number of alkyl carbamates (subject to hydrolysis) is 1. The number of hydrogen-bond donors (Lipinski definition) is 3. The van der Waals surface area contributed by atoms with Crippen LogP contribution in [-0.4, -0.2) is 66.0 Å². The number of pyridine rings is 1. The lowest BCUT2D eigenvalue weighted by Crippen LogP contribution is -2.49. The number of rotatable bonds is 10. The second kappa shape index (κ2) is 14.1. The molecule has 1 heterocycles. The standard InChI is InChI=1S/C24H37BrN4O8/c1-23(2,3)36-21(32)29-17(19(30)27-10-8-9-16(26)20(31)34-7)12-14-11-15(13-18(25)28-14)35-22(33)37-24(4,5)6/h11,13,16-17H,8-10,12,26H2,1-7H3,(H,27,30)(H,29,32)/t16?,17-/m0/s1. The van der Waals surface area contributed by atoms with Crippen LogP contribution in [0.15, 0.2) is 16.7 Å². The van der Waals surface area contributed by atoms with Crippen molar-refractivity contribution in [2.45, 2.75) is 84.1 Å². The smallest absolute Gasteiger partial charge is 0.468 e. The summed E-state index contributed by atoms with van der Waals surface area (Å²) in [6.45, 7) is 10.4. The number of carbonyl (C=O) groups excluding carboxylic acids is 4. The molecule has 1 rings (SSSR count). The molecular formula is C24H37BrN4O8. The van der Waals surface area contributed by atoms with Gasteiger partial charge in [-0.05, 0) is 70.3 Å². The first kappa shape index (κ1) is 32.1. The lowest BCUT2D eigenvalue weighted by atomic mass is 10.1. The van der Waals surface area contributed by atoms with Gasteiger partial charge < -0.3 is 35.3 Å². The highest BCUT2D eigenvalue weighted by Crippen LogP contribution is 2.21. The van der Waals surface area contributed by atoms with Gasteiger partial charge in [-0.3, -0.25) is 9.59 Å². The molecule has 208 valence electrons. The summed E-state index contributed by atoms with van der Waals surface area (Å²) in [6.07, 6.45) is -1.03. The minimum Gasteiger partial charge on any atom is -0.468 e. The van der Waals surface area contributed by atoms with Crippen molar-refractivity contribution in [1.29, 1.82) is 0 Å². The summed E-state index contributed by atoms with van der Waals surface area (Å²) in [6, 6.07) is 1.06. The molecule has 0 radical (unpaired) electrons. The van der Waals surface area contributed by atoms with Crippen LogP contribution in [0.3, 0.4) is 0 Å². The maximum absolute atomic E-state index is 12.9. The van der Waals surface area contributed by atoms with Crippen LogP contribution in [0.2, 0.25) is 0 Å². The minimum absolute atomic E-state index is 0.0448. The van der Waals surface area contributed by atoms with Gasteiger partial charge >= 0.3 is 18.2 Å². The number of aromatic nitrogens is 1. The van der Waals surface area contributed by atoms with E-state index in [9.17, 15) is 19.2 Å². The van der Waals surface area contributed by atoms with Crippen molar-refractivity contribution in [3.8, 4) is 5.75 Å². The number of hydrogen-bond acceptors (Lipinski definition) is 10. The number of nitrogens with zero attached hydrogens (tertiary/aromatic N) is 1. The van der Waals surface area contributed by atoms with Crippen molar-refractivity contribution in [3.63, 3.8) is 0 Å². The molecule has 4 N–H and O–H groups in total. The predicted molar refractivity (Wildman–Crippen MR) is 138 cm³/mol. The molecule has 0 bridgehead atoms. The lowest BCUT2D eigenvalue weighted by molar-refractivity contribution is -0.142. The average Bonchev–Trinajstić information content (AvgIpc) is 2.72. The first-order valence-electron chi connectivity index (χ1n) is 11.7. The number of halogens is 1. The maximum Gasteiger partial charge on any atom is 0.514 e. The minimum atomic E-state index is -1.07. The average molecular weight is 589 g/mol. The Morgan fingerprint density at radius 1 is 1.05 bits per heavy atom. The Morgan fingerprint density at radius 3 is 2.24 bits per heavy atom. The van der Waals surface area contributed by atoms with Gasteiger partial charge in [-0.2, -0.15) is 0 Å². The molecule has 37 heavy (non-hydrogen) atoms. The highest BCUT2D eigenvalue weighted by Gasteiger charge is 2.26. The van der Waals surface area contributed by atoms with Gasteiger partial charge in [-0.25, -0.2) is 14.6 Å². The fourth-order valence-electron chi connectivity index (χ4n) is 2.85. The van der Waals surface area contributed by atoms with Crippen LogP contribution in [0.1, 0.15) is 60.1 Å². The molecule has 13 heteroatoms. The largest absolute Gasteiger partial charge is 0.514 e. The molecule has 12 nitrogen and oxygen atoms in total. The van der Waals surface area contributed by atoms with Gasteiger partial charge in [-0.1, -0.05) is 0 Å². The van der Waals surface area contributed by atoms with Crippen molar-refractivity contribution in [2.75, 3.05) is 13.7 Å². The van der Waals surface area contributed by atoms with Gasteiger partial charge in [-0.15, -0.1) is 0 Å². The topological polar surface area (TPSA) is 168 Å². The SMILES string of the molecule is COC(=O)C(N)CCCNC(=O)[C@H](Cc1cc(OC(=O)OC(C)(C)C)cc(Br)n1)NC(=O)OC(C)(C)C. The van der Waals surface area contributed by atoms with E-state index >= 15 is 0 Å². The number of esters is 1. The zero-order valence-electron chi connectivity index (χ0n) is 22.3. The number of carbonyl (C=O) groups is 4. The van der Waals surface area contributed by atoms with E-state index in [0.29, 0.717) is 23.1 Å². The molecule has 1 aromatic rings. The second-order valence-electron chi connectivity index (χ2n) is 10.1. The van der Waals surface area contributed by atoms with Crippen LogP contribution < -0.4 is 21.1 Å². The van der Waals surface area contributed by atoms with Crippen LogP contribution in [-0.2, 0) is 30.2 Å². The quantitative estimate of drug-likeness (QED) is 0.160. The Bertz CT molecular complexity index is 959. The second-order valence-corrected chi connectivity index (χ2v) is 11.0. The van der Waals surface area contributed by atoms with Crippen LogP contribution in [0.5, 0.6) is 5.75 Å². The van der Waals surface area contributed by atoms with E-state index in [0.717, 1.165) is 0 Å². The molecule has 2 amide bonds. The molecule has 0 aliphatic rings. The molecule has 0 aliphatic carbocycles. The van der Waals surface area contributed by atoms with Gasteiger partial charge in [0.05, 0.1) is 7.11 Å². The molecule has 0 spiro atoms. The molecule has 1 aromatic heterocycles. The van der Waals surface area contributed by atoms with Crippen molar-refractivity contribution in [2.24, 2.45) is 5.73 Å². The summed E-state index contributed by atoms with van der Waals surface area (Å²) in [4.78, 5) is 53.1. The Balaban J connectivity index is 2.97. The number of methoxy groups -OCH3 is 1. The fourth-order valence-corrected chi connectivity index (χ4v) is 3.30. The maximum atomic E-state index is 12.9. The molecular weight excluding hydrogens is 552 g/mol. The summed E-state index contributed by atoms with van der Waals surface area (Å²) in [7, 11) is 1.25. The van der Waals surface area contributed by atoms with Crippen LogP contribution in [0.25, 0.3) is 0 Å². The molecule has 0 aliphatic heterocycles. The summed E-state index contributed by atoms with van der Waals surface area (Å²) in [5.41, 5.74) is 4.53. The number of ether oxygens (including phenoxy) is 4. The zero-order valence-corrected chi connectivity index (χ0v) is 23.9. The third kappa shape index (κ3) is 13.8. The van der Waals surface area contributed by atoms with E-state index in [2.05, 4.69) is 36.3 Å². The van der Waals surface area contributed by atoms with Crippen LogP contribution in [0, 0.1) is 0 Å². The summed E-state index contributed by atoms with van der Waals surface area (Å²) >= 11 is 3.26. The zero-order chi connectivity index (χ0) is 28.4. The van der Waals surface area contributed by atoms with E-state index in [1.54, 1.807) is 41.5 Å². The summed E-state index contributed by atoms with van der Waals surface area (Å²) in [5, 5.41) is 5.26. The highest BCUT2D eigenvalue weighted by atomic mass is 79.9. The van der Waals surface area contributed by atoms with Crippen molar-refractivity contribution >= 4 is 40.1 Å². The molecule has 0 fully saturated rings. The van der Waals surface area contributed by atoms with Gasteiger partial charge in [0.2, 0.25) is 5.91 Å². The third-order valence-corrected chi connectivity index (χ3v) is 4.73. The summed E-state index contributed by atoms with van der Waals surface area (Å²) in [5.74, 6) is -0.908.